The highest BCUT2D eigenvalue weighted by molar-refractivity contribution is 7.10. The van der Waals surface area contributed by atoms with Crippen LogP contribution < -0.4 is 20.5 Å². The SMILES string of the molecule is CCC(C)c1ccc(C(NC(=O)/C=C/c2ccc(OCC(N)=O)c(OC)c2)c2cccs2)cc1. The molecular formula is C27H30N2O4S. The van der Waals surface area contributed by atoms with Gasteiger partial charge in [-0.1, -0.05) is 50.2 Å². The second-order valence-electron chi connectivity index (χ2n) is 7.93. The summed E-state index contributed by atoms with van der Waals surface area (Å²) in [6, 6.07) is 17.4. The van der Waals surface area contributed by atoms with Crippen molar-refractivity contribution in [1.82, 2.24) is 5.32 Å². The van der Waals surface area contributed by atoms with Gasteiger partial charge in [-0.05, 0) is 58.7 Å². The number of benzene rings is 2. The van der Waals surface area contributed by atoms with Crippen molar-refractivity contribution in [2.75, 3.05) is 13.7 Å². The van der Waals surface area contributed by atoms with Crippen LogP contribution >= 0.6 is 11.3 Å². The number of methoxy groups -OCH3 is 1. The first-order chi connectivity index (χ1) is 16.4. The number of carbonyl (C=O) groups is 2. The fourth-order valence-corrected chi connectivity index (χ4v) is 4.25. The van der Waals surface area contributed by atoms with E-state index in [4.69, 9.17) is 15.2 Å². The fraction of sp³-hybridized carbons (Fsp3) is 0.259. The summed E-state index contributed by atoms with van der Waals surface area (Å²) in [4.78, 5) is 24.8. The second-order valence-corrected chi connectivity index (χ2v) is 8.91. The zero-order valence-corrected chi connectivity index (χ0v) is 20.4. The smallest absolute Gasteiger partial charge is 0.255 e. The minimum Gasteiger partial charge on any atom is -0.493 e. The topological polar surface area (TPSA) is 90.6 Å². The zero-order chi connectivity index (χ0) is 24.5. The van der Waals surface area contributed by atoms with Crippen molar-refractivity contribution >= 4 is 29.2 Å². The van der Waals surface area contributed by atoms with E-state index in [1.807, 2.05) is 17.5 Å². The van der Waals surface area contributed by atoms with E-state index in [0.29, 0.717) is 17.4 Å². The predicted octanol–water partition coefficient (Wildman–Crippen LogP) is 5.05. The molecule has 7 heteroatoms. The van der Waals surface area contributed by atoms with E-state index in [1.165, 1.54) is 18.7 Å². The van der Waals surface area contributed by atoms with Gasteiger partial charge in [-0.25, -0.2) is 0 Å². The van der Waals surface area contributed by atoms with Crippen LogP contribution in [0, 0.1) is 0 Å². The number of thiophene rings is 1. The molecule has 2 unspecified atom stereocenters. The van der Waals surface area contributed by atoms with E-state index in [0.717, 1.165) is 22.4 Å². The minimum atomic E-state index is -0.572. The van der Waals surface area contributed by atoms with Gasteiger partial charge in [-0.15, -0.1) is 11.3 Å². The highest BCUT2D eigenvalue weighted by Crippen LogP contribution is 2.30. The van der Waals surface area contributed by atoms with Gasteiger partial charge in [0.15, 0.2) is 18.1 Å². The molecule has 1 aromatic heterocycles. The Hall–Kier alpha value is -3.58. The van der Waals surface area contributed by atoms with Crippen LogP contribution in [0.25, 0.3) is 6.08 Å². The molecule has 3 N–H and O–H groups in total. The van der Waals surface area contributed by atoms with E-state index < -0.39 is 5.91 Å². The average molecular weight is 479 g/mol. The predicted molar refractivity (Wildman–Crippen MR) is 136 cm³/mol. The third-order valence-electron chi connectivity index (χ3n) is 5.55. The Kier molecular flexibility index (Phi) is 8.87. The van der Waals surface area contributed by atoms with Crippen LogP contribution in [0.5, 0.6) is 11.5 Å². The summed E-state index contributed by atoms with van der Waals surface area (Å²) >= 11 is 1.61. The molecule has 2 aromatic carbocycles. The van der Waals surface area contributed by atoms with Crippen molar-refractivity contribution in [3.8, 4) is 11.5 Å². The summed E-state index contributed by atoms with van der Waals surface area (Å²) in [7, 11) is 1.50. The van der Waals surface area contributed by atoms with E-state index in [2.05, 4.69) is 43.4 Å². The maximum absolute atomic E-state index is 12.8. The molecule has 3 rings (SSSR count). The molecule has 0 aliphatic heterocycles. The highest BCUT2D eigenvalue weighted by atomic mass is 32.1. The summed E-state index contributed by atoms with van der Waals surface area (Å²) in [5.41, 5.74) is 8.21. The van der Waals surface area contributed by atoms with E-state index in [-0.39, 0.29) is 18.6 Å². The zero-order valence-electron chi connectivity index (χ0n) is 19.6. The molecule has 178 valence electrons. The largest absolute Gasteiger partial charge is 0.493 e. The van der Waals surface area contributed by atoms with E-state index in [9.17, 15) is 9.59 Å². The van der Waals surface area contributed by atoms with Gasteiger partial charge in [0.2, 0.25) is 5.91 Å². The lowest BCUT2D eigenvalue weighted by Crippen LogP contribution is -2.27. The number of carbonyl (C=O) groups excluding carboxylic acids is 2. The Morgan fingerprint density at radius 1 is 1.09 bits per heavy atom. The number of nitrogens with one attached hydrogen (secondary N) is 1. The van der Waals surface area contributed by atoms with Crippen LogP contribution in [-0.4, -0.2) is 25.5 Å². The van der Waals surface area contributed by atoms with Crippen molar-refractivity contribution in [1.29, 1.82) is 0 Å². The molecule has 1 heterocycles. The first-order valence-corrected chi connectivity index (χ1v) is 12.0. The van der Waals surface area contributed by atoms with E-state index in [1.54, 1.807) is 35.6 Å². The van der Waals surface area contributed by atoms with E-state index >= 15 is 0 Å². The first kappa shape index (κ1) is 25.1. The monoisotopic (exact) mass is 478 g/mol. The lowest BCUT2D eigenvalue weighted by atomic mass is 9.95. The number of ether oxygens (including phenoxy) is 2. The number of hydrogen-bond donors (Lipinski definition) is 2. The van der Waals surface area contributed by atoms with Crippen LogP contribution in [0.1, 0.15) is 53.8 Å². The van der Waals surface area contributed by atoms with Crippen molar-refractivity contribution in [2.24, 2.45) is 5.73 Å². The summed E-state index contributed by atoms with van der Waals surface area (Å²) in [6.45, 7) is 4.15. The normalized spacial score (nSPS) is 12.8. The molecule has 0 aliphatic rings. The summed E-state index contributed by atoms with van der Waals surface area (Å²) < 4.78 is 10.7. The maximum atomic E-state index is 12.8. The number of amides is 2. The van der Waals surface area contributed by atoms with Crippen LogP contribution in [0.3, 0.4) is 0 Å². The summed E-state index contributed by atoms with van der Waals surface area (Å²) in [5.74, 6) is 0.564. The molecule has 2 amide bonds. The molecule has 0 spiro atoms. The Labute approximate surface area is 204 Å². The van der Waals surface area contributed by atoms with Gasteiger partial charge in [0.1, 0.15) is 0 Å². The highest BCUT2D eigenvalue weighted by Gasteiger charge is 2.17. The lowest BCUT2D eigenvalue weighted by molar-refractivity contribution is -0.120. The van der Waals surface area contributed by atoms with Gasteiger partial charge in [0.25, 0.3) is 5.91 Å². The van der Waals surface area contributed by atoms with Crippen LogP contribution in [0.15, 0.2) is 66.1 Å². The molecule has 0 fully saturated rings. The van der Waals surface area contributed by atoms with Crippen molar-refractivity contribution in [3.05, 3.63) is 87.6 Å². The third kappa shape index (κ3) is 6.71. The fourth-order valence-electron chi connectivity index (χ4n) is 3.45. The molecule has 0 aliphatic carbocycles. The summed E-state index contributed by atoms with van der Waals surface area (Å²) in [6.07, 6.45) is 4.28. The van der Waals surface area contributed by atoms with Gasteiger partial charge < -0.3 is 20.5 Å². The van der Waals surface area contributed by atoms with Crippen LogP contribution in [0.2, 0.25) is 0 Å². The van der Waals surface area contributed by atoms with Crippen molar-refractivity contribution in [3.63, 3.8) is 0 Å². The van der Waals surface area contributed by atoms with Crippen molar-refractivity contribution < 1.29 is 19.1 Å². The van der Waals surface area contributed by atoms with Gasteiger partial charge in [-0.3, -0.25) is 9.59 Å². The Morgan fingerprint density at radius 2 is 1.82 bits per heavy atom. The Bertz CT molecular complexity index is 1120. The van der Waals surface area contributed by atoms with Crippen LogP contribution in [0.4, 0.5) is 0 Å². The lowest BCUT2D eigenvalue weighted by Gasteiger charge is -2.18. The van der Waals surface area contributed by atoms with Gasteiger partial charge in [0.05, 0.1) is 13.2 Å². The number of hydrogen-bond acceptors (Lipinski definition) is 5. The summed E-state index contributed by atoms with van der Waals surface area (Å²) in [5, 5.41) is 5.12. The molecule has 34 heavy (non-hydrogen) atoms. The quantitative estimate of drug-likeness (QED) is 0.377. The Morgan fingerprint density at radius 3 is 2.44 bits per heavy atom. The molecule has 2 atom stereocenters. The molecule has 0 saturated carbocycles. The number of nitrogens with two attached hydrogens (primary N) is 1. The molecule has 0 bridgehead atoms. The average Bonchev–Trinajstić information content (AvgIpc) is 3.39. The molecule has 6 nitrogen and oxygen atoms in total. The minimum absolute atomic E-state index is 0.211. The van der Waals surface area contributed by atoms with Crippen molar-refractivity contribution in [2.45, 2.75) is 32.2 Å². The van der Waals surface area contributed by atoms with Gasteiger partial charge >= 0.3 is 0 Å². The molecular weight excluding hydrogens is 448 g/mol. The Balaban J connectivity index is 1.74. The number of primary amides is 1. The van der Waals surface area contributed by atoms with Crippen LogP contribution in [-0.2, 0) is 9.59 Å². The number of rotatable bonds is 11. The molecule has 0 radical (unpaired) electrons. The molecule has 0 saturated heterocycles. The van der Waals surface area contributed by atoms with Gasteiger partial charge in [-0.2, -0.15) is 0 Å². The van der Waals surface area contributed by atoms with Gasteiger partial charge in [0, 0.05) is 11.0 Å². The second kappa shape index (κ2) is 12.0. The third-order valence-corrected chi connectivity index (χ3v) is 6.49. The first-order valence-electron chi connectivity index (χ1n) is 11.1. The standard InChI is InChI=1S/C27H30N2O4S/c1-4-18(2)20-9-11-21(12-10-20)27(24-6-5-15-34-24)29-26(31)14-8-19-7-13-22(23(16-19)32-3)33-17-25(28)30/h5-16,18,27H,4,17H2,1-3H3,(H2,28,30)(H,29,31)/b14-8+. The maximum Gasteiger partial charge on any atom is 0.255 e. The molecule has 3 aromatic rings.